The number of benzene rings is 1. The largest absolute Gasteiger partial charge is 0.497 e. The molecule has 3 atom stereocenters. The molecular weight excluding hydrogens is 236 g/mol. The maximum Gasteiger partial charge on any atom is 0.119 e. The maximum atomic E-state index is 5.81. The molecule has 3 N–H and O–H groups in total. The third kappa shape index (κ3) is 2.63. The van der Waals surface area contributed by atoms with Gasteiger partial charge in [-0.3, -0.25) is 11.3 Å². The molecule has 3 heteroatoms. The molecule has 0 spiro atoms. The van der Waals surface area contributed by atoms with Crippen LogP contribution >= 0.6 is 0 Å². The normalized spacial score (nSPS) is 30.5. The highest BCUT2D eigenvalue weighted by Gasteiger charge is 2.53. The first kappa shape index (κ1) is 12.9. The van der Waals surface area contributed by atoms with Crippen LogP contribution in [0.4, 0.5) is 0 Å². The van der Waals surface area contributed by atoms with Gasteiger partial charge in [-0.1, -0.05) is 25.0 Å². The lowest BCUT2D eigenvalue weighted by molar-refractivity contribution is 0.411. The minimum atomic E-state index is 0.417. The van der Waals surface area contributed by atoms with E-state index in [1.54, 1.807) is 7.11 Å². The third-order valence-corrected chi connectivity index (χ3v) is 4.99. The second-order valence-electron chi connectivity index (χ2n) is 6.02. The van der Waals surface area contributed by atoms with Gasteiger partial charge in [0, 0.05) is 6.04 Å². The standard InChI is InChI=1S/C16H24N2O/c1-19-12-6-4-5-11(9-12)10-15(18-17)16-13-7-2-3-8-14(13)16/h4-6,9,13-16,18H,2-3,7-8,10,17H2,1H3. The van der Waals surface area contributed by atoms with Crippen LogP contribution in [0.2, 0.25) is 0 Å². The molecule has 1 aromatic carbocycles. The first-order chi connectivity index (χ1) is 9.33. The fraction of sp³-hybridized carbons (Fsp3) is 0.625. The average molecular weight is 260 g/mol. The molecule has 0 radical (unpaired) electrons. The highest BCUT2D eigenvalue weighted by molar-refractivity contribution is 5.29. The number of hydrogen-bond donors (Lipinski definition) is 2. The van der Waals surface area contributed by atoms with Crippen molar-refractivity contribution in [2.75, 3.05) is 7.11 Å². The van der Waals surface area contributed by atoms with Gasteiger partial charge in [-0.15, -0.1) is 0 Å². The van der Waals surface area contributed by atoms with E-state index in [1.807, 2.05) is 6.07 Å². The topological polar surface area (TPSA) is 47.3 Å². The van der Waals surface area contributed by atoms with Gasteiger partial charge in [0.15, 0.2) is 0 Å². The third-order valence-electron chi connectivity index (χ3n) is 4.99. The SMILES string of the molecule is COc1cccc(CC(NN)C2C3CCCCC32)c1. The van der Waals surface area contributed by atoms with Crippen molar-refractivity contribution in [2.45, 2.75) is 38.1 Å². The van der Waals surface area contributed by atoms with Gasteiger partial charge in [0.1, 0.15) is 5.75 Å². The van der Waals surface area contributed by atoms with Gasteiger partial charge in [-0.25, -0.2) is 0 Å². The van der Waals surface area contributed by atoms with Gasteiger partial charge in [0.25, 0.3) is 0 Å². The lowest BCUT2D eigenvalue weighted by Gasteiger charge is -2.16. The molecule has 0 aliphatic heterocycles. The van der Waals surface area contributed by atoms with Crippen LogP contribution in [0, 0.1) is 17.8 Å². The van der Waals surface area contributed by atoms with Crippen molar-refractivity contribution in [3.63, 3.8) is 0 Å². The summed E-state index contributed by atoms with van der Waals surface area (Å²) in [5, 5.41) is 0. The van der Waals surface area contributed by atoms with Crippen molar-refractivity contribution in [3.8, 4) is 5.75 Å². The molecule has 3 rings (SSSR count). The number of hydrogen-bond acceptors (Lipinski definition) is 3. The molecule has 0 saturated heterocycles. The van der Waals surface area contributed by atoms with E-state index < -0.39 is 0 Å². The van der Waals surface area contributed by atoms with Crippen LogP contribution in [0.5, 0.6) is 5.75 Å². The summed E-state index contributed by atoms with van der Waals surface area (Å²) in [7, 11) is 1.72. The number of rotatable bonds is 5. The molecule has 1 aromatic rings. The summed E-state index contributed by atoms with van der Waals surface area (Å²) in [5.41, 5.74) is 4.38. The molecule has 0 bridgehead atoms. The Balaban J connectivity index is 1.66. The van der Waals surface area contributed by atoms with E-state index in [2.05, 4.69) is 23.6 Å². The minimum Gasteiger partial charge on any atom is -0.497 e. The van der Waals surface area contributed by atoms with E-state index in [0.29, 0.717) is 6.04 Å². The van der Waals surface area contributed by atoms with Gasteiger partial charge in [0.2, 0.25) is 0 Å². The number of methoxy groups -OCH3 is 1. The van der Waals surface area contributed by atoms with Crippen LogP contribution in [0.25, 0.3) is 0 Å². The van der Waals surface area contributed by atoms with Crippen molar-refractivity contribution < 1.29 is 4.74 Å². The molecular formula is C16H24N2O. The summed E-state index contributed by atoms with van der Waals surface area (Å²) >= 11 is 0. The monoisotopic (exact) mass is 260 g/mol. The second kappa shape index (κ2) is 5.51. The minimum absolute atomic E-state index is 0.417. The Labute approximate surface area is 115 Å². The van der Waals surface area contributed by atoms with Crippen molar-refractivity contribution in [1.29, 1.82) is 0 Å². The van der Waals surface area contributed by atoms with E-state index in [1.165, 1.54) is 31.2 Å². The number of nitrogens with two attached hydrogens (primary N) is 1. The quantitative estimate of drug-likeness (QED) is 0.631. The van der Waals surface area contributed by atoms with Crippen molar-refractivity contribution >= 4 is 0 Å². The highest BCUT2D eigenvalue weighted by Crippen LogP contribution is 2.57. The average Bonchev–Trinajstić information content (AvgIpc) is 3.19. The Kier molecular flexibility index (Phi) is 3.76. The van der Waals surface area contributed by atoms with Gasteiger partial charge >= 0.3 is 0 Å². The molecule has 104 valence electrons. The lowest BCUT2D eigenvalue weighted by atomic mass is 10.0. The molecule has 2 fully saturated rings. The zero-order chi connectivity index (χ0) is 13.2. The molecule has 2 aliphatic carbocycles. The molecule has 3 unspecified atom stereocenters. The lowest BCUT2D eigenvalue weighted by Crippen LogP contribution is -2.39. The predicted molar refractivity (Wildman–Crippen MR) is 76.7 cm³/mol. The molecule has 0 heterocycles. The maximum absolute atomic E-state index is 5.81. The summed E-state index contributed by atoms with van der Waals surface area (Å²) in [4.78, 5) is 0. The van der Waals surface area contributed by atoms with Crippen molar-refractivity contribution in [3.05, 3.63) is 29.8 Å². The van der Waals surface area contributed by atoms with E-state index in [9.17, 15) is 0 Å². The number of nitrogens with one attached hydrogen (secondary N) is 1. The smallest absolute Gasteiger partial charge is 0.119 e. The van der Waals surface area contributed by atoms with E-state index in [-0.39, 0.29) is 0 Å². The summed E-state index contributed by atoms with van der Waals surface area (Å²) in [6, 6.07) is 8.75. The van der Waals surface area contributed by atoms with Gasteiger partial charge in [0.05, 0.1) is 7.11 Å². The first-order valence-electron chi connectivity index (χ1n) is 7.42. The molecule has 2 aliphatic rings. The highest BCUT2D eigenvalue weighted by atomic mass is 16.5. The van der Waals surface area contributed by atoms with Crippen molar-refractivity contribution in [1.82, 2.24) is 5.43 Å². The number of fused-ring (bicyclic) bond motifs is 1. The molecule has 19 heavy (non-hydrogen) atoms. The Morgan fingerprint density at radius 2 is 2.05 bits per heavy atom. The zero-order valence-electron chi connectivity index (χ0n) is 11.6. The second-order valence-corrected chi connectivity index (χ2v) is 6.02. The van der Waals surface area contributed by atoms with Crippen LogP contribution in [-0.4, -0.2) is 13.2 Å². The first-order valence-corrected chi connectivity index (χ1v) is 7.42. The van der Waals surface area contributed by atoms with E-state index in [0.717, 1.165) is 29.9 Å². The summed E-state index contributed by atoms with van der Waals surface area (Å²) < 4.78 is 5.29. The Bertz CT molecular complexity index is 423. The summed E-state index contributed by atoms with van der Waals surface area (Å²) in [5.74, 6) is 9.39. The van der Waals surface area contributed by atoms with Gasteiger partial charge < -0.3 is 4.74 Å². The van der Waals surface area contributed by atoms with Gasteiger partial charge in [-0.2, -0.15) is 0 Å². The summed E-state index contributed by atoms with van der Waals surface area (Å²) in [6.07, 6.45) is 6.64. The van der Waals surface area contributed by atoms with Crippen LogP contribution < -0.4 is 16.0 Å². The zero-order valence-corrected chi connectivity index (χ0v) is 11.6. The fourth-order valence-corrected chi connectivity index (χ4v) is 4.00. The molecule has 2 saturated carbocycles. The Morgan fingerprint density at radius 1 is 1.32 bits per heavy atom. The molecule has 0 amide bonds. The number of ether oxygens (including phenoxy) is 1. The van der Waals surface area contributed by atoms with Crippen LogP contribution in [0.1, 0.15) is 31.2 Å². The molecule has 3 nitrogen and oxygen atoms in total. The van der Waals surface area contributed by atoms with E-state index >= 15 is 0 Å². The van der Waals surface area contributed by atoms with Crippen LogP contribution in [-0.2, 0) is 6.42 Å². The Morgan fingerprint density at radius 3 is 2.68 bits per heavy atom. The van der Waals surface area contributed by atoms with Crippen LogP contribution in [0.3, 0.4) is 0 Å². The van der Waals surface area contributed by atoms with Crippen LogP contribution in [0.15, 0.2) is 24.3 Å². The Hall–Kier alpha value is -1.06. The van der Waals surface area contributed by atoms with E-state index in [4.69, 9.17) is 10.6 Å². The fourth-order valence-electron chi connectivity index (χ4n) is 4.00. The van der Waals surface area contributed by atoms with Crippen molar-refractivity contribution in [2.24, 2.45) is 23.6 Å². The summed E-state index contributed by atoms with van der Waals surface area (Å²) in [6.45, 7) is 0. The molecule has 0 aromatic heterocycles. The number of hydrazine groups is 1. The van der Waals surface area contributed by atoms with Gasteiger partial charge in [-0.05, 0) is 54.7 Å². The predicted octanol–water partition coefficient (Wildman–Crippen LogP) is 2.51.